The summed E-state index contributed by atoms with van der Waals surface area (Å²) in [4.78, 5) is 2.38. The second-order valence-electron chi connectivity index (χ2n) is 4.82. The zero-order valence-electron chi connectivity index (χ0n) is 11.3. The van der Waals surface area contributed by atoms with Crippen LogP contribution in [0.15, 0.2) is 24.3 Å². The molecule has 0 radical (unpaired) electrons. The maximum atomic E-state index is 8.91. The van der Waals surface area contributed by atoms with Crippen LogP contribution >= 0.6 is 0 Å². The van der Waals surface area contributed by atoms with Crippen molar-refractivity contribution in [2.24, 2.45) is 0 Å². The van der Waals surface area contributed by atoms with Crippen LogP contribution in [0.2, 0.25) is 0 Å². The van der Waals surface area contributed by atoms with Gasteiger partial charge in [-0.2, -0.15) is 5.26 Å². The molecule has 2 rings (SSSR count). The van der Waals surface area contributed by atoms with Crippen molar-refractivity contribution in [3.05, 3.63) is 35.4 Å². The first kappa shape index (κ1) is 14.0. The lowest BCUT2D eigenvalue weighted by Crippen LogP contribution is -2.42. The lowest BCUT2D eigenvalue weighted by Gasteiger charge is -2.32. The van der Waals surface area contributed by atoms with E-state index in [-0.39, 0.29) is 6.10 Å². The first-order valence-corrected chi connectivity index (χ1v) is 6.64. The molecule has 0 aliphatic carbocycles. The van der Waals surface area contributed by atoms with Gasteiger partial charge in [0.2, 0.25) is 0 Å². The number of methoxy groups -OCH3 is 1. The summed E-state index contributed by atoms with van der Waals surface area (Å²) in [6, 6.07) is 9.99. The zero-order valence-corrected chi connectivity index (χ0v) is 11.3. The lowest BCUT2D eigenvalue weighted by atomic mass is 10.1. The van der Waals surface area contributed by atoms with Crippen LogP contribution in [0.3, 0.4) is 0 Å². The van der Waals surface area contributed by atoms with Gasteiger partial charge in [0, 0.05) is 33.4 Å². The fraction of sp³-hybridized carbons (Fsp3) is 0.533. The first-order chi connectivity index (χ1) is 9.31. The molecule has 1 aliphatic rings. The third kappa shape index (κ3) is 4.32. The molecule has 4 nitrogen and oxygen atoms in total. The van der Waals surface area contributed by atoms with Crippen LogP contribution in [0.1, 0.15) is 17.5 Å². The minimum atomic E-state index is 0.257. The Kier molecular flexibility index (Phi) is 5.34. The van der Waals surface area contributed by atoms with Crippen LogP contribution in [0.5, 0.6) is 0 Å². The summed E-state index contributed by atoms with van der Waals surface area (Å²) in [6.07, 6.45) is 1.19. The topological polar surface area (TPSA) is 45.5 Å². The predicted molar refractivity (Wildman–Crippen MR) is 72.7 cm³/mol. The number of nitrogens with zero attached hydrogens (tertiary/aromatic N) is 2. The molecule has 1 aromatic carbocycles. The molecule has 0 aromatic heterocycles. The molecule has 1 aliphatic heterocycles. The molecule has 102 valence electrons. The highest BCUT2D eigenvalue weighted by molar-refractivity contribution is 5.32. The molecule has 0 saturated carbocycles. The van der Waals surface area contributed by atoms with E-state index in [1.807, 2.05) is 18.2 Å². The Morgan fingerprint density at radius 1 is 1.53 bits per heavy atom. The van der Waals surface area contributed by atoms with Crippen molar-refractivity contribution in [2.45, 2.75) is 19.1 Å². The smallest absolute Gasteiger partial charge is 0.0991 e. The summed E-state index contributed by atoms with van der Waals surface area (Å²) < 4.78 is 10.8. The Morgan fingerprint density at radius 3 is 3.21 bits per heavy atom. The van der Waals surface area contributed by atoms with Gasteiger partial charge in [-0.3, -0.25) is 4.90 Å². The van der Waals surface area contributed by atoms with Gasteiger partial charge in [0.25, 0.3) is 0 Å². The number of hydrogen-bond donors (Lipinski definition) is 0. The summed E-state index contributed by atoms with van der Waals surface area (Å²) >= 11 is 0. The molecule has 1 aromatic rings. The quantitative estimate of drug-likeness (QED) is 0.810. The minimum absolute atomic E-state index is 0.257. The molecule has 1 fully saturated rings. The van der Waals surface area contributed by atoms with Gasteiger partial charge in [0.15, 0.2) is 0 Å². The number of benzene rings is 1. The summed E-state index contributed by atoms with van der Waals surface area (Å²) in [6.45, 7) is 4.26. The summed E-state index contributed by atoms with van der Waals surface area (Å²) in [5, 5.41) is 8.91. The molecule has 1 saturated heterocycles. The first-order valence-electron chi connectivity index (χ1n) is 6.64. The van der Waals surface area contributed by atoms with Crippen LogP contribution < -0.4 is 0 Å². The Balaban J connectivity index is 1.89. The van der Waals surface area contributed by atoms with Crippen molar-refractivity contribution in [1.29, 1.82) is 5.26 Å². The fourth-order valence-electron chi connectivity index (χ4n) is 2.35. The van der Waals surface area contributed by atoms with Crippen LogP contribution in [-0.2, 0) is 16.0 Å². The van der Waals surface area contributed by atoms with Crippen molar-refractivity contribution in [1.82, 2.24) is 4.90 Å². The fourth-order valence-corrected chi connectivity index (χ4v) is 2.35. The maximum absolute atomic E-state index is 8.91. The second-order valence-corrected chi connectivity index (χ2v) is 4.82. The Bertz CT molecular complexity index is 442. The molecular weight excluding hydrogens is 240 g/mol. The van der Waals surface area contributed by atoms with Crippen LogP contribution in [0, 0.1) is 11.3 Å². The zero-order chi connectivity index (χ0) is 13.5. The molecule has 0 spiro atoms. The molecule has 1 heterocycles. The molecule has 0 N–H and O–H groups in total. The molecule has 0 bridgehead atoms. The highest BCUT2D eigenvalue weighted by Crippen LogP contribution is 2.13. The van der Waals surface area contributed by atoms with Crippen LogP contribution in [0.25, 0.3) is 0 Å². The molecule has 1 atom stereocenters. The van der Waals surface area contributed by atoms with Gasteiger partial charge >= 0.3 is 0 Å². The molecule has 19 heavy (non-hydrogen) atoms. The van der Waals surface area contributed by atoms with Crippen LogP contribution in [0.4, 0.5) is 0 Å². The SMILES string of the molecule is COCC[C@H]1CN(Cc2cccc(C#N)c2)CCO1. The van der Waals surface area contributed by atoms with Gasteiger partial charge in [-0.1, -0.05) is 12.1 Å². The van der Waals surface area contributed by atoms with E-state index in [2.05, 4.69) is 17.0 Å². The Morgan fingerprint density at radius 2 is 2.42 bits per heavy atom. The molecular formula is C15H20N2O2. The average molecular weight is 260 g/mol. The largest absolute Gasteiger partial charge is 0.385 e. The van der Waals surface area contributed by atoms with Gasteiger partial charge in [0.05, 0.1) is 24.3 Å². The average Bonchev–Trinajstić information content (AvgIpc) is 2.46. The molecule has 4 heteroatoms. The number of morpholine rings is 1. The molecule has 0 amide bonds. The van der Waals surface area contributed by atoms with Crippen molar-refractivity contribution in [3.8, 4) is 6.07 Å². The normalized spacial score (nSPS) is 20.1. The van der Waals surface area contributed by atoms with E-state index >= 15 is 0 Å². The number of hydrogen-bond acceptors (Lipinski definition) is 4. The highest BCUT2D eigenvalue weighted by atomic mass is 16.5. The van der Waals surface area contributed by atoms with Gasteiger partial charge in [-0.25, -0.2) is 0 Å². The van der Waals surface area contributed by atoms with Gasteiger partial charge in [-0.15, -0.1) is 0 Å². The highest BCUT2D eigenvalue weighted by Gasteiger charge is 2.20. The molecule has 0 unspecified atom stereocenters. The lowest BCUT2D eigenvalue weighted by molar-refractivity contribution is -0.0432. The van der Waals surface area contributed by atoms with Gasteiger partial charge < -0.3 is 9.47 Å². The Hall–Kier alpha value is -1.41. The summed E-state index contributed by atoms with van der Waals surface area (Å²) in [7, 11) is 1.72. The number of rotatable bonds is 5. The van der Waals surface area contributed by atoms with E-state index in [4.69, 9.17) is 14.7 Å². The standard InChI is InChI=1S/C15H20N2O2/c1-18-7-5-15-12-17(6-8-19-15)11-14-4-2-3-13(9-14)10-16/h2-4,9,15H,5-8,11-12H2,1H3/t15-/m0/s1. The van der Waals surface area contributed by atoms with Crippen LogP contribution in [-0.4, -0.2) is 44.4 Å². The maximum Gasteiger partial charge on any atom is 0.0991 e. The van der Waals surface area contributed by atoms with E-state index in [1.54, 1.807) is 7.11 Å². The van der Waals surface area contributed by atoms with E-state index in [1.165, 1.54) is 5.56 Å². The van der Waals surface area contributed by atoms with Crippen molar-refractivity contribution < 1.29 is 9.47 Å². The minimum Gasteiger partial charge on any atom is -0.385 e. The van der Waals surface area contributed by atoms with E-state index < -0.39 is 0 Å². The Labute approximate surface area is 114 Å². The van der Waals surface area contributed by atoms with E-state index in [9.17, 15) is 0 Å². The second kappa shape index (κ2) is 7.25. The van der Waals surface area contributed by atoms with E-state index in [0.29, 0.717) is 0 Å². The van der Waals surface area contributed by atoms with Crippen molar-refractivity contribution >= 4 is 0 Å². The number of ether oxygens (including phenoxy) is 2. The van der Waals surface area contributed by atoms with Gasteiger partial charge in [0.1, 0.15) is 0 Å². The monoisotopic (exact) mass is 260 g/mol. The van der Waals surface area contributed by atoms with Crippen molar-refractivity contribution in [2.75, 3.05) is 33.4 Å². The summed E-state index contributed by atoms with van der Waals surface area (Å²) in [5.41, 5.74) is 1.91. The number of nitriles is 1. The predicted octanol–water partition coefficient (Wildman–Crippen LogP) is 1.80. The third-order valence-corrected chi connectivity index (χ3v) is 3.33. The van der Waals surface area contributed by atoms with E-state index in [0.717, 1.165) is 44.8 Å². The van der Waals surface area contributed by atoms with Gasteiger partial charge in [-0.05, 0) is 24.1 Å². The third-order valence-electron chi connectivity index (χ3n) is 3.33. The van der Waals surface area contributed by atoms with Crippen molar-refractivity contribution in [3.63, 3.8) is 0 Å². The summed E-state index contributed by atoms with van der Waals surface area (Å²) in [5.74, 6) is 0.